The first kappa shape index (κ1) is 12.9. The maximum Gasteiger partial charge on any atom is 0.275 e. The van der Waals surface area contributed by atoms with Gasteiger partial charge in [0.15, 0.2) is 17.7 Å². The van der Waals surface area contributed by atoms with Gasteiger partial charge in [-0.05, 0) is 19.4 Å². The minimum atomic E-state index is -0.837. The van der Waals surface area contributed by atoms with E-state index in [2.05, 4.69) is 0 Å². The Morgan fingerprint density at radius 1 is 1.65 bits per heavy atom. The Morgan fingerprint density at radius 2 is 2.29 bits per heavy atom. The molecule has 0 aromatic heterocycles. The lowest BCUT2D eigenvalue weighted by molar-refractivity contribution is -0.385. The second-order valence-electron chi connectivity index (χ2n) is 3.47. The number of hydrogen-bond donors (Lipinski definition) is 0. The lowest BCUT2D eigenvalue weighted by Gasteiger charge is -2.11. The molecule has 0 aliphatic rings. The summed E-state index contributed by atoms with van der Waals surface area (Å²) in [4.78, 5) is 9.90. The minimum absolute atomic E-state index is 0.137. The van der Waals surface area contributed by atoms with Crippen LogP contribution in [-0.4, -0.2) is 11.0 Å². The summed E-state index contributed by atoms with van der Waals surface area (Å²) in [5, 5.41) is 19.3. The van der Waals surface area contributed by atoms with Crippen LogP contribution in [0.3, 0.4) is 0 Å². The van der Waals surface area contributed by atoms with Gasteiger partial charge in [0.05, 0.1) is 11.0 Å². The molecule has 0 aliphatic heterocycles. The summed E-state index contributed by atoms with van der Waals surface area (Å²) >= 11 is 0. The molecule has 0 heterocycles. The topological polar surface area (TPSA) is 76.2 Å². The fourth-order valence-corrected chi connectivity index (χ4v) is 1.29. The average molecular weight is 238 g/mol. The Balaban J connectivity index is 3.08. The van der Waals surface area contributed by atoms with Crippen molar-refractivity contribution in [1.82, 2.24) is 0 Å². The molecule has 0 spiro atoms. The SMILES string of the molecule is CCC(C#N)Oc1cc(C)c([N+](=O)[O-])cc1F. The Morgan fingerprint density at radius 3 is 2.76 bits per heavy atom. The van der Waals surface area contributed by atoms with Gasteiger partial charge in [-0.1, -0.05) is 6.92 Å². The van der Waals surface area contributed by atoms with Crippen LogP contribution in [0.4, 0.5) is 10.1 Å². The van der Waals surface area contributed by atoms with Crippen LogP contribution in [0.25, 0.3) is 0 Å². The maximum absolute atomic E-state index is 13.5. The molecule has 1 aromatic carbocycles. The average Bonchev–Trinajstić information content (AvgIpc) is 2.29. The number of ether oxygens (including phenoxy) is 1. The van der Waals surface area contributed by atoms with E-state index in [-0.39, 0.29) is 11.4 Å². The fourth-order valence-electron chi connectivity index (χ4n) is 1.29. The number of rotatable bonds is 4. The monoisotopic (exact) mass is 238 g/mol. The Labute approximate surface area is 97.6 Å². The highest BCUT2D eigenvalue weighted by atomic mass is 19.1. The Kier molecular flexibility index (Phi) is 3.99. The van der Waals surface area contributed by atoms with E-state index in [0.717, 1.165) is 6.07 Å². The number of nitrogens with zero attached hydrogens (tertiary/aromatic N) is 2. The highest BCUT2D eigenvalue weighted by molar-refractivity contribution is 5.45. The highest BCUT2D eigenvalue weighted by Gasteiger charge is 2.18. The van der Waals surface area contributed by atoms with Crippen LogP contribution in [0.2, 0.25) is 0 Å². The summed E-state index contributed by atoms with van der Waals surface area (Å²) in [5.74, 6) is -0.975. The molecular weight excluding hydrogens is 227 g/mol. The van der Waals surface area contributed by atoms with E-state index in [1.165, 1.54) is 13.0 Å². The first-order chi connectivity index (χ1) is 7.99. The molecule has 17 heavy (non-hydrogen) atoms. The van der Waals surface area contributed by atoms with E-state index in [4.69, 9.17) is 10.00 Å². The van der Waals surface area contributed by atoms with Gasteiger partial charge in [-0.25, -0.2) is 4.39 Å². The molecular formula is C11H11FN2O3. The molecule has 0 saturated carbocycles. The smallest absolute Gasteiger partial charge is 0.275 e. The van der Waals surface area contributed by atoms with Gasteiger partial charge in [0.1, 0.15) is 6.07 Å². The number of aryl methyl sites for hydroxylation is 1. The van der Waals surface area contributed by atoms with E-state index >= 15 is 0 Å². The normalized spacial score (nSPS) is 11.6. The number of nitro benzene ring substituents is 1. The molecule has 1 rings (SSSR count). The third-order valence-corrected chi connectivity index (χ3v) is 2.23. The third kappa shape index (κ3) is 2.91. The standard InChI is InChI=1S/C11H11FN2O3/c1-3-8(6-13)17-11-4-7(2)10(14(15)16)5-9(11)12/h4-5,8H,3H2,1-2H3. The molecule has 1 unspecified atom stereocenters. The highest BCUT2D eigenvalue weighted by Crippen LogP contribution is 2.27. The molecule has 0 radical (unpaired) electrons. The Bertz CT molecular complexity index is 482. The zero-order valence-corrected chi connectivity index (χ0v) is 9.44. The summed E-state index contributed by atoms with van der Waals surface area (Å²) in [6, 6.07) is 3.89. The number of benzene rings is 1. The molecule has 6 heteroatoms. The molecule has 1 aromatic rings. The van der Waals surface area contributed by atoms with E-state index < -0.39 is 16.8 Å². The molecule has 5 nitrogen and oxygen atoms in total. The van der Waals surface area contributed by atoms with Crippen molar-refractivity contribution in [1.29, 1.82) is 5.26 Å². The van der Waals surface area contributed by atoms with Gasteiger partial charge in [-0.2, -0.15) is 5.26 Å². The predicted octanol–water partition coefficient (Wildman–Crippen LogP) is 2.72. The zero-order chi connectivity index (χ0) is 13.0. The number of nitriles is 1. The summed E-state index contributed by atoms with van der Waals surface area (Å²) < 4.78 is 18.6. The van der Waals surface area contributed by atoms with Crippen LogP contribution < -0.4 is 4.74 Å². The summed E-state index contributed by atoms with van der Waals surface area (Å²) in [5.41, 5.74) is -0.0148. The molecule has 0 amide bonds. The minimum Gasteiger partial charge on any atom is -0.473 e. The van der Waals surface area contributed by atoms with Crippen molar-refractivity contribution in [3.63, 3.8) is 0 Å². The molecule has 0 fully saturated rings. The van der Waals surface area contributed by atoms with Crippen LogP contribution in [0, 0.1) is 34.2 Å². The van der Waals surface area contributed by atoms with Crippen molar-refractivity contribution in [3.8, 4) is 11.8 Å². The molecule has 0 bridgehead atoms. The zero-order valence-electron chi connectivity index (χ0n) is 9.44. The van der Waals surface area contributed by atoms with Crippen LogP contribution in [0.1, 0.15) is 18.9 Å². The quantitative estimate of drug-likeness (QED) is 0.597. The number of nitro groups is 1. The van der Waals surface area contributed by atoms with Crippen LogP contribution in [-0.2, 0) is 0 Å². The lowest BCUT2D eigenvalue weighted by Crippen LogP contribution is -2.13. The lowest BCUT2D eigenvalue weighted by atomic mass is 10.2. The first-order valence-electron chi connectivity index (χ1n) is 5.00. The molecule has 0 N–H and O–H groups in total. The maximum atomic E-state index is 13.5. The van der Waals surface area contributed by atoms with Crippen molar-refractivity contribution in [3.05, 3.63) is 33.6 Å². The molecule has 90 valence electrons. The van der Waals surface area contributed by atoms with E-state index in [1.807, 2.05) is 6.07 Å². The van der Waals surface area contributed by atoms with E-state index in [1.54, 1.807) is 6.92 Å². The van der Waals surface area contributed by atoms with Crippen LogP contribution >= 0.6 is 0 Å². The van der Waals surface area contributed by atoms with Crippen molar-refractivity contribution >= 4 is 5.69 Å². The summed E-state index contributed by atoms with van der Waals surface area (Å²) in [6.07, 6.45) is -0.350. The van der Waals surface area contributed by atoms with E-state index in [0.29, 0.717) is 12.0 Å². The predicted molar refractivity (Wildman–Crippen MR) is 58.1 cm³/mol. The van der Waals surface area contributed by atoms with Crippen molar-refractivity contribution in [2.75, 3.05) is 0 Å². The van der Waals surface area contributed by atoms with Gasteiger partial charge in [0, 0.05) is 5.56 Å². The summed E-state index contributed by atoms with van der Waals surface area (Å²) in [7, 11) is 0. The number of halogens is 1. The van der Waals surface area contributed by atoms with Gasteiger partial charge >= 0.3 is 0 Å². The van der Waals surface area contributed by atoms with Gasteiger partial charge in [-0.15, -0.1) is 0 Å². The van der Waals surface area contributed by atoms with E-state index in [9.17, 15) is 14.5 Å². The number of hydrogen-bond acceptors (Lipinski definition) is 4. The van der Waals surface area contributed by atoms with Crippen LogP contribution in [0.15, 0.2) is 12.1 Å². The van der Waals surface area contributed by atoms with Crippen molar-refractivity contribution in [2.24, 2.45) is 0 Å². The second kappa shape index (κ2) is 5.25. The Hall–Kier alpha value is -2.16. The first-order valence-corrected chi connectivity index (χ1v) is 5.00. The van der Waals surface area contributed by atoms with Crippen molar-refractivity contribution < 1.29 is 14.1 Å². The van der Waals surface area contributed by atoms with Crippen LogP contribution in [0.5, 0.6) is 5.75 Å². The second-order valence-corrected chi connectivity index (χ2v) is 3.47. The largest absolute Gasteiger partial charge is 0.473 e. The van der Waals surface area contributed by atoms with Gasteiger partial charge in [0.25, 0.3) is 5.69 Å². The summed E-state index contributed by atoms with van der Waals surface area (Å²) in [6.45, 7) is 3.21. The fraction of sp³-hybridized carbons (Fsp3) is 0.364. The molecule has 0 aliphatic carbocycles. The third-order valence-electron chi connectivity index (χ3n) is 2.23. The molecule has 0 saturated heterocycles. The molecule has 1 atom stereocenters. The van der Waals surface area contributed by atoms with Gasteiger partial charge in [-0.3, -0.25) is 10.1 Å². The van der Waals surface area contributed by atoms with Crippen molar-refractivity contribution in [2.45, 2.75) is 26.4 Å². The van der Waals surface area contributed by atoms with Gasteiger partial charge in [0.2, 0.25) is 0 Å². The van der Waals surface area contributed by atoms with Gasteiger partial charge < -0.3 is 4.74 Å².